The summed E-state index contributed by atoms with van der Waals surface area (Å²) in [7, 11) is 0. The maximum Gasteiger partial charge on any atom is 0.320 e. The number of nitrogens with zero attached hydrogens (tertiary/aromatic N) is 2. The van der Waals surface area contributed by atoms with Gasteiger partial charge in [0.2, 0.25) is 0 Å². The van der Waals surface area contributed by atoms with Crippen molar-refractivity contribution in [1.29, 1.82) is 0 Å². The van der Waals surface area contributed by atoms with Crippen LogP contribution in [0, 0.1) is 5.92 Å². The SMILES string of the molecule is CC(C)(C)c1cc(NC(=O)NC2CCC(C(=O)O)CC2)n(C(C)(C)C)n1. The van der Waals surface area contributed by atoms with Gasteiger partial charge in [-0.3, -0.25) is 10.1 Å². The van der Waals surface area contributed by atoms with E-state index < -0.39 is 5.97 Å². The smallest absolute Gasteiger partial charge is 0.320 e. The molecule has 1 aliphatic rings. The van der Waals surface area contributed by atoms with Gasteiger partial charge in [0.15, 0.2) is 0 Å². The number of amides is 2. The summed E-state index contributed by atoms with van der Waals surface area (Å²) < 4.78 is 1.84. The molecule has 1 aromatic rings. The highest BCUT2D eigenvalue weighted by molar-refractivity contribution is 5.88. The molecule has 1 heterocycles. The number of anilines is 1. The number of carboxylic acid groups (broad SMARTS) is 1. The van der Waals surface area contributed by atoms with Crippen LogP contribution in [0.1, 0.15) is 72.9 Å². The van der Waals surface area contributed by atoms with Crippen LogP contribution in [0.2, 0.25) is 0 Å². The maximum atomic E-state index is 12.5. The minimum Gasteiger partial charge on any atom is -0.481 e. The molecule has 0 radical (unpaired) electrons. The average Bonchev–Trinajstić information content (AvgIpc) is 2.91. The molecule has 0 atom stereocenters. The standard InChI is InChI=1S/C19H32N4O3/c1-18(2,3)14-11-15(23(22-14)19(4,5)6)21-17(26)20-13-9-7-12(8-10-13)16(24)25/h11-13H,7-10H2,1-6H3,(H,24,25)(H2,20,21,26). The highest BCUT2D eigenvalue weighted by Crippen LogP contribution is 2.28. The Hall–Kier alpha value is -2.05. The van der Waals surface area contributed by atoms with Crippen molar-refractivity contribution in [3.8, 4) is 0 Å². The van der Waals surface area contributed by atoms with Gasteiger partial charge in [-0.2, -0.15) is 5.10 Å². The fourth-order valence-corrected chi connectivity index (χ4v) is 3.17. The molecule has 0 unspecified atom stereocenters. The molecule has 0 bridgehead atoms. The summed E-state index contributed by atoms with van der Waals surface area (Å²) in [5, 5.41) is 19.7. The van der Waals surface area contributed by atoms with Crippen molar-refractivity contribution >= 4 is 17.8 Å². The molecule has 1 aliphatic carbocycles. The largest absolute Gasteiger partial charge is 0.481 e. The summed E-state index contributed by atoms with van der Waals surface area (Å²) in [4.78, 5) is 23.5. The normalized spacial score (nSPS) is 21.3. The molecule has 2 amide bonds. The highest BCUT2D eigenvalue weighted by Gasteiger charge is 2.28. The minimum atomic E-state index is -0.739. The van der Waals surface area contributed by atoms with Crippen LogP contribution in [0.15, 0.2) is 6.07 Å². The van der Waals surface area contributed by atoms with E-state index in [4.69, 9.17) is 10.2 Å². The van der Waals surface area contributed by atoms with Gasteiger partial charge < -0.3 is 10.4 Å². The van der Waals surface area contributed by atoms with Gasteiger partial charge in [-0.05, 0) is 46.5 Å². The van der Waals surface area contributed by atoms with E-state index in [0.29, 0.717) is 31.5 Å². The molecule has 0 saturated heterocycles. The van der Waals surface area contributed by atoms with E-state index in [1.54, 1.807) is 0 Å². The zero-order valence-corrected chi connectivity index (χ0v) is 16.7. The van der Waals surface area contributed by atoms with Gasteiger partial charge >= 0.3 is 12.0 Å². The van der Waals surface area contributed by atoms with Gasteiger partial charge in [-0.25, -0.2) is 9.48 Å². The lowest BCUT2D eigenvalue weighted by Crippen LogP contribution is -2.41. The number of urea groups is 1. The molecular weight excluding hydrogens is 332 g/mol. The number of carbonyl (C=O) groups excluding carboxylic acids is 1. The first-order valence-electron chi connectivity index (χ1n) is 9.29. The van der Waals surface area contributed by atoms with Crippen LogP contribution in [-0.2, 0) is 15.7 Å². The Kier molecular flexibility index (Phi) is 5.68. The van der Waals surface area contributed by atoms with Gasteiger partial charge in [0.1, 0.15) is 5.82 Å². The van der Waals surface area contributed by atoms with Crippen LogP contribution in [0.25, 0.3) is 0 Å². The Morgan fingerprint density at radius 1 is 1.12 bits per heavy atom. The Morgan fingerprint density at radius 2 is 1.69 bits per heavy atom. The first kappa shape index (κ1) is 20.3. The van der Waals surface area contributed by atoms with Crippen molar-refractivity contribution < 1.29 is 14.7 Å². The van der Waals surface area contributed by atoms with Crippen molar-refractivity contribution in [1.82, 2.24) is 15.1 Å². The summed E-state index contributed by atoms with van der Waals surface area (Å²) >= 11 is 0. The molecule has 0 spiro atoms. The number of aromatic nitrogens is 2. The molecule has 7 heteroatoms. The first-order valence-corrected chi connectivity index (χ1v) is 9.29. The van der Waals surface area contributed by atoms with Gasteiger partial charge in [0.25, 0.3) is 0 Å². The van der Waals surface area contributed by atoms with Crippen molar-refractivity contribution in [3.63, 3.8) is 0 Å². The van der Waals surface area contributed by atoms with E-state index in [0.717, 1.165) is 5.69 Å². The molecule has 1 aromatic heterocycles. The van der Waals surface area contributed by atoms with Crippen molar-refractivity contribution in [2.45, 2.75) is 84.2 Å². The number of hydrogen-bond donors (Lipinski definition) is 3. The zero-order valence-electron chi connectivity index (χ0n) is 16.7. The number of nitrogens with one attached hydrogen (secondary N) is 2. The predicted octanol–water partition coefficient (Wildman–Crippen LogP) is 3.70. The average molecular weight is 364 g/mol. The second kappa shape index (κ2) is 7.29. The molecule has 2 rings (SSSR count). The molecule has 1 saturated carbocycles. The lowest BCUT2D eigenvalue weighted by molar-refractivity contribution is -0.142. The van der Waals surface area contributed by atoms with E-state index in [1.165, 1.54) is 0 Å². The number of hydrogen-bond acceptors (Lipinski definition) is 3. The fraction of sp³-hybridized carbons (Fsp3) is 0.737. The maximum absolute atomic E-state index is 12.5. The highest BCUT2D eigenvalue weighted by atomic mass is 16.4. The van der Waals surface area contributed by atoms with Crippen molar-refractivity contribution in [2.24, 2.45) is 5.92 Å². The fourth-order valence-electron chi connectivity index (χ4n) is 3.17. The Labute approximate surface area is 155 Å². The second-order valence-electron chi connectivity index (χ2n) is 9.23. The Morgan fingerprint density at radius 3 is 2.15 bits per heavy atom. The van der Waals surface area contributed by atoms with Crippen molar-refractivity contribution in [3.05, 3.63) is 11.8 Å². The van der Waals surface area contributed by atoms with Gasteiger partial charge in [0.05, 0.1) is 17.2 Å². The number of carboxylic acids is 1. The molecule has 26 heavy (non-hydrogen) atoms. The van der Waals surface area contributed by atoms with Crippen LogP contribution in [0.4, 0.5) is 10.6 Å². The van der Waals surface area contributed by atoms with Crippen LogP contribution < -0.4 is 10.6 Å². The van der Waals surface area contributed by atoms with E-state index in [1.807, 2.05) is 31.5 Å². The van der Waals surface area contributed by atoms with Crippen molar-refractivity contribution in [2.75, 3.05) is 5.32 Å². The summed E-state index contributed by atoms with van der Waals surface area (Å²) in [6.07, 6.45) is 2.59. The summed E-state index contributed by atoms with van der Waals surface area (Å²) in [5.41, 5.74) is 0.550. The number of rotatable bonds is 3. The van der Waals surface area contributed by atoms with E-state index in [-0.39, 0.29) is 28.9 Å². The zero-order chi connectivity index (χ0) is 19.7. The van der Waals surface area contributed by atoms with Gasteiger partial charge in [-0.15, -0.1) is 0 Å². The third-order valence-corrected chi connectivity index (χ3v) is 4.77. The lowest BCUT2D eigenvalue weighted by atomic mass is 9.86. The molecule has 0 aliphatic heterocycles. The van der Waals surface area contributed by atoms with E-state index >= 15 is 0 Å². The molecule has 7 nitrogen and oxygen atoms in total. The van der Waals surface area contributed by atoms with Crippen LogP contribution in [0.5, 0.6) is 0 Å². The van der Waals surface area contributed by atoms with Crippen LogP contribution in [0.3, 0.4) is 0 Å². The minimum absolute atomic E-state index is 0.0127. The third kappa shape index (κ3) is 4.99. The summed E-state index contributed by atoms with van der Waals surface area (Å²) in [5.74, 6) is -0.358. The van der Waals surface area contributed by atoms with Gasteiger partial charge in [-0.1, -0.05) is 20.8 Å². The molecule has 0 aromatic carbocycles. The van der Waals surface area contributed by atoms with Crippen LogP contribution >= 0.6 is 0 Å². The lowest BCUT2D eigenvalue weighted by Gasteiger charge is -2.27. The van der Waals surface area contributed by atoms with Gasteiger partial charge in [0, 0.05) is 17.5 Å². The molecular formula is C19H32N4O3. The number of aliphatic carboxylic acids is 1. The quantitative estimate of drug-likeness (QED) is 0.762. The first-order chi connectivity index (χ1) is 11.9. The summed E-state index contributed by atoms with van der Waals surface area (Å²) in [6.45, 7) is 12.4. The van der Waals surface area contributed by atoms with E-state index in [9.17, 15) is 9.59 Å². The third-order valence-electron chi connectivity index (χ3n) is 4.77. The molecule has 146 valence electrons. The predicted molar refractivity (Wildman–Crippen MR) is 101 cm³/mol. The Bertz CT molecular complexity index is 659. The van der Waals surface area contributed by atoms with Crippen LogP contribution in [-0.4, -0.2) is 32.9 Å². The topological polar surface area (TPSA) is 96.3 Å². The monoisotopic (exact) mass is 364 g/mol. The Balaban J connectivity index is 2.05. The molecule has 1 fully saturated rings. The second-order valence-corrected chi connectivity index (χ2v) is 9.23. The summed E-state index contributed by atoms with van der Waals surface area (Å²) in [6, 6.07) is 1.67. The van der Waals surface area contributed by atoms with E-state index in [2.05, 4.69) is 31.4 Å². The molecule has 3 N–H and O–H groups in total. The number of carbonyl (C=O) groups is 2.